The number of aromatic nitrogens is 2. The van der Waals surface area contributed by atoms with E-state index in [9.17, 15) is 5.11 Å². The van der Waals surface area contributed by atoms with Crippen molar-refractivity contribution in [3.63, 3.8) is 0 Å². The van der Waals surface area contributed by atoms with Crippen LogP contribution in [0.25, 0.3) is 11.0 Å². The highest BCUT2D eigenvalue weighted by Crippen LogP contribution is 2.32. The number of hydrogen-bond donors (Lipinski definition) is 2. The van der Waals surface area contributed by atoms with Crippen molar-refractivity contribution in [2.45, 2.75) is 44.8 Å². The number of benzene rings is 1. The number of rotatable bonds is 1. The van der Waals surface area contributed by atoms with E-state index in [0.717, 1.165) is 35.1 Å². The lowest BCUT2D eigenvalue weighted by Gasteiger charge is -2.29. The number of H-pyrrole nitrogens is 1. The number of hydrogen-bond acceptors (Lipinski definition) is 2. The Morgan fingerprint density at radius 2 is 2.11 bits per heavy atom. The van der Waals surface area contributed by atoms with Crippen LogP contribution in [0.5, 0.6) is 0 Å². The summed E-state index contributed by atoms with van der Waals surface area (Å²) in [6, 6.07) is 6.42. The fraction of sp³-hybridized carbons (Fsp3) is 0.500. The zero-order valence-corrected chi connectivity index (χ0v) is 11.3. The predicted molar refractivity (Wildman–Crippen MR) is 75.4 cm³/mol. The predicted octanol–water partition coefficient (Wildman–Crippen LogP) is 3.48. The topological polar surface area (TPSA) is 41.0 Å². The summed E-state index contributed by atoms with van der Waals surface area (Å²) in [7, 11) is 0. The van der Waals surface area contributed by atoms with E-state index in [1.165, 1.54) is 12.0 Å². The molecule has 2 unspecified atom stereocenters. The highest BCUT2D eigenvalue weighted by Gasteiger charge is 2.26. The Kier molecular flexibility index (Phi) is 2.99. The Balaban J connectivity index is 2.16. The molecule has 1 aliphatic carbocycles. The Hall–Kier alpha value is -1.13. The molecule has 3 nitrogen and oxygen atoms in total. The average Bonchev–Trinajstić information content (AvgIpc) is 2.65. The summed E-state index contributed by atoms with van der Waals surface area (Å²) in [4.78, 5) is 3.25. The van der Waals surface area contributed by atoms with Crippen LogP contribution in [0.15, 0.2) is 18.2 Å². The van der Waals surface area contributed by atoms with Crippen molar-refractivity contribution in [1.29, 1.82) is 0 Å². The molecule has 1 aromatic heterocycles. The zero-order chi connectivity index (χ0) is 12.7. The Morgan fingerprint density at radius 1 is 1.33 bits per heavy atom. The van der Waals surface area contributed by atoms with Gasteiger partial charge in [-0.25, -0.2) is 0 Å². The highest BCUT2D eigenvalue weighted by molar-refractivity contribution is 7.71. The number of nitrogens with zero attached hydrogens (tertiary/aromatic N) is 1. The van der Waals surface area contributed by atoms with Crippen molar-refractivity contribution in [3.05, 3.63) is 28.5 Å². The lowest BCUT2D eigenvalue weighted by atomic mass is 9.92. The maximum Gasteiger partial charge on any atom is 0.178 e. The second kappa shape index (κ2) is 4.52. The van der Waals surface area contributed by atoms with E-state index in [2.05, 4.69) is 34.7 Å². The van der Waals surface area contributed by atoms with E-state index in [-0.39, 0.29) is 12.1 Å². The lowest BCUT2D eigenvalue weighted by Crippen LogP contribution is -2.27. The number of imidazole rings is 1. The second-order valence-electron chi connectivity index (χ2n) is 5.24. The van der Waals surface area contributed by atoms with E-state index in [4.69, 9.17) is 12.2 Å². The first-order chi connectivity index (χ1) is 8.66. The van der Waals surface area contributed by atoms with E-state index in [1.807, 2.05) is 0 Å². The molecule has 1 aromatic carbocycles. The van der Waals surface area contributed by atoms with Gasteiger partial charge in [-0.15, -0.1) is 0 Å². The first-order valence-electron chi connectivity index (χ1n) is 6.56. The molecular formula is C14H18N2OS. The van der Waals surface area contributed by atoms with Gasteiger partial charge in [-0.05, 0) is 49.7 Å². The molecule has 2 atom stereocenters. The molecule has 0 bridgehead atoms. The number of fused-ring (bicyclic) bond motifs is 1. The molecule has 18 heavy (non-hydrogen) atoms. The molecule has 0 saturated heterocycles. The normalized spacial score (nSPS) is 24.6. The van der Waals surface area contributed by atoms with Gasteiger partial charge < -0.3 is 14.7 Å². The SMILES string of the molecule is Cc1ccc2c(c1)[nH]c(=S)n2C1CCCCC1O. The summed E-state index contributed by atoms with van der Waals surface area (Å²) < 4.78 is 2.83. The van der Waals surface area contributed by atoms with Crippen LogP contribution in [0.2, 0.25) is 0 Å². The van der Waals surface area contributed by atoms with Gasteiger partial charge in [0.15, 0.2) is 4.77 Å². The molecule has 96 valence electrons. The number of aromatic amines is 1. The number of aliphatic hydroxyl groups is 1. The summed E-state index contributed by atoms with van der Waals surface area (Å²) in [6.07, 6.45) is 3.90. The Bertz CT molecular complexity index is 628. The summed E-state index contributed by atoms with van der Waals surface area (Å²) in [5.41, 5.74) is 3.39. The standard InChI is InChI=1S/C14H18N2OS/c1-9-6-7-11-10(8-9)15-14(18)16(11)12-4-2-3-5-13(12)17/h6-8,12-13,17H,2-5H2,1H3,(H,15,18). The summed E-state index contributed by atoms with van der Waals surface area (Å²) in [6.45, 7) is 2.07. The number of aliphatic hydroxyl groups excluding tert-OH is 1. The molecule has 0 amide bonds. The van der Waals surface area contributed by atoms with Gasteiger partial charge in [-0.1, -0.05) is 18.9 Å². The molecule has 0 spiro atoms. The Morgan fingerprint density at radius 3 is 2.89 bits per heavy atom. The first kappa shape index (κ1) is 11.9. The molecule has 1 saturated carbocycles. The summed E-state index contributed by atoms with van der Waals surface area (Å²) in [5.74, 6) is 0. The summed E-state index contributed by atoms with van der Waals surface area (Å²) in [5, 5.41) is 10.2. The number of nitrogens with one attached hydrogen (secondary N) is 1. The Labute approximate surface area is 111 Å². The molecule has 3 rings (SSSR count). The van der Waals surface area contributed by atoms with Crippen LogP contribution in [0.4, 0.5) is 0 Å². The monoisotopic (exact) mass is 262 g/mol. The molecule has 1 fully saturated rings. The molecule has 0 radical (unpaired) electrons. The van der Waals surface area contributed by atoms with Crippen molar-refractivity contribution in [3.8, 4) is 0 Å². The van der Waals surface area contributed by atoms with Gasteiger partial charge in [0.1, 0.15) is 0 Å². The van der Waals surface area contributed by atoms with Crippen LogP contribution >= 0.6 is 12.2 Å². The largest absolute Gasteiger partial charge is 0.391 e. The van der Waals surface area contributed by atoms with Gasteiger partial charge in [0.2, 0.25) is 0 Å². The van der Waals surface area contributed by atoms with Gasteiger partial charge in [0.25, 0.3) is 0 Å². The van der Waals surface area contributed by atoms with E-state index in [0.29, 0.717) is 0 Å². The van der Waals surface area contributed by atoms with E-state index < -0.39 is 0 Å². The minimum atomic E-state index is -0.272. The van der Waals surface area contributed by atoms with Crippen LogP contribution in [0, 0.1) is 11.7 Å². The second-order valence-corrected chi connectivity index (χ2v) is 5.63. The van der Waals surface area contributed by atoms with Gasteiger partial charge in [-0.2, -0.15) is 0 Å². The molecule has 1 aliphatic rings. The fourth-order valence-electron chi connectivity index (χ4n) is 2.97. The third-order valence-corrected chi connectivity index (χ3v) is 4.20. The molecule has 0 aliphatic heterocycles. The van der Waals surface area contributed by atoms with Crippen LogP contribution in [-0.2, 0) is 0 Å². The van der Waals surface area contributed by atoms with E-state index >= 15 is 0 Å². The van der Waals surface area contributed by atoms with Crippen molar-refractivity contribution in [1.82, 2.24) is 9.55 Å². The summed E-state index contributed by atoms with van der Waals surface area (Å²) >= 11 is 5.43. The molecule has 4 heteroatoms. The fourth-order valence-corrected chi connectivity index (χ4v) is 3.31. The molecule has 2 N–H and O–H groups in total. The van der Waals surface area contributed by atoms with Crippen LogP contribution < -0.4 is 0 Å². The smallest absolute Gasteiger partial charge is 0.178 e. The third kappa shape index (κ3) is 1.89. The van der Waals surface area contributed by atoms with Crippen molar-refractivity contribution >= 4 is 23.3 Å². The molecule has 2 aromatic rings. The van der Waals surface area contributed by atoms with Crippen LogP contribution in [0.3, 0.4) is 0 Å². The minimum absolute atomic E-state index is 0.128. The molecular weight excluding hydrogens is 244 g/mol. The van der Waals surface area contributed by atoms with Crippen molar-refractivity contribution in [2.24, 2.45) is 0 Å². The number of aryl methyl sites for hydroxylation is 1. The average molecular weight is 262 g/mol. The van der Waals surface area contributed by atoms with Gasteiger partial charge in [0.05, 0.1) is 23.2 Å². The quantitative estimate of drug-likeness (QED) is 0.772. The van der Waals surface area contributed by atoms with Crippen LogP contribution in [-0.4, -0.2) is 20.8 Å². The van der Waals surface area contributed by atoms with Crippen LogP contribution in [0.1, 0.15) is 37.3 Å². The van der Waals surface area contributed by atoms with Crippen molar-refractivity contribution < 1.29 is 5.11 Å². The van der Waals surface area contributed by atoms with Gasteiger partial charge in [0, 0.05) is 0 Å². The van der Waals surface area contributed by atoms with E-state index in [1.54, 1.807) is 0 Å². The van der Waals surface area contributed by atoms with Gasteiger partial charge >= 0.3 is 0 Å². The first-order valence-corrected chi connectivity index (χ1v) is 6.96. The maximum absolute atomic E-state index is 10.2. The maximum atomic E-state index is 10.2. The van der Waals surface area contributed by atoms with Crippen molar-refractivity contribution in [2.75, 3.05) is 0 Å². The highest BCUT2D eigenvalue weighted by atomic mass is 32.1. The molecule has 1 heterocycles. The minimum Gasteiger partial charge on any atom is -0.391 e. The van der Waals surface area contributed by atoms with Gasteiger partial charge in [-0.3, -0.25) is 0 Å². The zero-order valence-electron chi connectivity index (χ0n) is 10.5. The third-order valence-electron chi connectivity index (χ3n) is 3.90. The lowest BCUT2D eigenvalue weighted by molar-refractivity contribution is 0.0767.